The van der Waals surface area contributed by atoms with Gasteiger partial charge in [0.05, 0.1) is 0 Å². The van der Waals surface area contributed by atoms with E-state index in [0.717, 1.165) is 49.9 Å². The third kappa shape index (κ3) is 47.0. The zero-order valence-corrected chi connectivity index (χ0v) is 62.8. The van der Waals surface area contributed by atoms with Crippen molar-refractivity contribution in [1.29, 1.82) is 0 Å². The van der Waals surface area contributed by atoms with Gasteiger partial charge in [-0.1, -0.05) is 379 Å². The number of rotatable bonds is 67. The number of benzene rings is 2. The van der Waals surface area contributed by atoms with Crippen LogP contribution in [0.1, 0.15) is 455 Å². The first-order valence-electron chi connectivity index (χ1n) is 41.1. The van der Waals surface area contributed by atoms with Crippen LogP contribution in [0.15, 0.2) is 59.7 Å². The Morgan fingerprint density at radius 2 is 0.456 bits per heavy atom. The van der Waals surface area contributed by atoms with Gasteiger partial charge in [0.15, 0.2) is 0 Å². The third-order valence-corrected chi connectivity index (χ3v) is 21.3. The Labute approximate surface area is 571 Å². The molecule has 2 aromatic rings. The van der Waals surface area contributed by atoms with Crippen LogP contribution in [-0.2, 0) is 27.3 Å². The zero-order chi connectivity index (χ0) is 64.5. The quantitative estimate of drug-likeness (QED) is 0.0358. The standard InChI is InChI=1S/C79H138N2.2C4H9.Ni/c1-5-9-13-15-17-19-21-23-25-27-29-31-33-35-37-39-41-43-45-47-49-51-53-55-58-62-72-64-60-66-74(70-72)78-76(68-12-8-4)77(69-57-11-7-3)79(81(78)80)75-67-61-65-73(71-75)63-59-56-54-52-50-48-46-44-42-40-38-36-34-32-30-28-26-24-22-20-18-16-14-10-6-2;2*1-3-4-2;/h60-61,64-67,70-71H,5-59,62-63,68-69H2,1-4H3;2*1,3-4H2,2H3;. The topological polar surface area (TPSA) is 25.3 Å². The SMILES string of the molecule is CCCCCCCCCCCCCCCCCCCCCCCCCCCc1cccc(C2=C(CCCC)C(CCCCC)=C(c3cccc(CCCCCCCCCCCCCCCCCCCCCCCCCCC)c3)[N+]2=[N-])c1.CCC[CH2][Ni][CH2]CCC. The summed E-state index contributed by atoms with van der Waals surface area (Å²) in [7, 11) is 0. The van der Waals surface area contributed by atoms with E-state index in [1.165, 1.54) is 410 Å². The van der Waals surface area contributed by atoms with Crippen molar-refractivity contribution in [2.45, 2.75) is 457 Å². The summed E-state index contributed by atoms with van der Waals surface area (Å²) in [6.07, 6.45) is 87.5. The summed E-state index contributed by atoms with van der Waals surface area (Å²) in [5.41, 5.74) is 22.5. The fraction of sp³-hybridized carbons (Fsp3) is 0.816. The van der Waals surface area contributed by atoms with E-state index in [0.29, 0.717) is 0 Å². The molecule has 1 aliphatic rings. The fourth-order valence-electron chi connectivity index (χ4n) is 13.8. The molecule has 0 amide bonds. The molecule has 0 saturated heterocycles. The first kappa shape index (κ1) is 84.1. The molecule has 90 heavy (non-hydrogen) atoms. The second-order valence-electron chi connectivity index (χ2n) is 28.6. The Hall–Kier alpha value is -1.99. The molecule has 0 aliphatic carbocycles. The van der Waals surface area contributed by atoms with Crippen molar-refractivity contribution in [2.75, 3.05) is 0 Å². The molecule has 0 atom stereocenters. The fourth-order valence-corrected chi connectivity index (χ4v) is 15.3. The number of aryl methyl sites for hydroxylation is 2. The molecule has 2 aromatic carbocycles. The Bertz CT molecular complexity index is 1920. The summed E-state index contributed by atoms with van der Waals surface area (Å²) in [5.74, 6) is 0. The first-order chi connectivity index (χ1) is 44.6. The molecule has 0 radical (unpaired) electrons. The molecule has 1 aliphatic heterocycles. The molecule has 1 heterocycles. The van der Waals surface area contributed by atoms with Crippen LogP contribution in [-0.4, -0.2) is 4.70 Å². The summed E-state index contributed by atoms with van der Waals surface area (Å²) in [6, 6.07) is 18.5. The van der Waals surface area contributed by atoms with Crippen molar-refractivity contribution >= 4 is 11.4 Å². The number of nitrogens with zero attached hydrogens (tertiary/aromatic N) is 2. The minimum atomic E-state index is 1.02. The Morgan fingerprint density at radius 1 is 0.244 bits per heavy atom. The number of hydrogen-bond donors (Lipinski definition) is 0. The van der Waals surface area contributed by atoms with Crippen LogP contribution in [0.4, 0.5) is 0 Å². The van der Waals surface area contributed by atoms with Gasteiger partial charge in [-0.05, 0) is 86.8 Å². The van der Waals surface area contributed by atoms with E-state index in [2.05, 4.69) is 90.1 Å². The van der Waals surface area contributed by atoms with Gasteiger partial charge in [0.1, 0.15) is 0 Å². The molecule has 524 valence electrons. The van der Waals surface area contributed by atoms with Crippen molar-refractivity contribution < 1.29 is 19.1 Å². The van der Waals surface area contributed by atoms with Crippen LogP contribution in [0.3, 0.4) is 0 Å². The van der Waals surface area contributed by atoms with Gasteiger partial charge in [0.25, 0.3) is 0 Å². The van der Waals surface area contributed by atoms with Crippen molar-refractivity contribution in [3.05, 3.63) is 87.5 Å². The number of allylic oxidation sites excluding steroid dienone is 2. The summed E-state index contributed by atoms with van der Waals surface area (Å²) < 4.78 is 1.63. The minimum absolute atomic E-state index is 1.02. The molecule has 0 aromatic heterocycles. The average Bonchev–Trinajstić information content (AvgIpc) is 1.77. The van der Waals surface area contributed by atoms with Gasteiger partial charge < -0.3 is 5.53 Å². The van der Waals surface area contributed by atoms with Crippen LogP contribution < -0.4 is 0 Å². The predicted molar refractivity (Wildman–Crippen MR) is 403 cm³/mol. The monoisotopic (exact) mass is 1290 g/mol. The molecule has 0 unspecified atom stereocenters. The predicted octanol–water partition coefficient (Wildman–Crippen LogP) is 31.8. The summed E-state index contributed by atoms with van der Waals surface area (Å²) in [4.78, 5) is 0. The van der Waals surface area contributed by atoms with E-state index in [-0.39, 0.29) is 0 Å². The van der Waals surface area contributed by atoms with Crippen molar-refractivity contribution in [3.8, 4) is 0 Å². The van der Waals surface area contributed by atoms with Gasteiger partial charge in [-0.15, -0.1) is 0 Å². The first-order valence-corrected chi connectivity index (χ1v) is 42.5. The van der Waals surface area contributed by atoms with Gasteiger partial charge in [-0.2, -0.15) is 0 Å². The molecular weight excluding hydrogens is 1130 g/mol. The maximum absolute atomic E-state index is 12.4. The molecule has 2 nitrogen and oxygen atoms in total. The Balaban J connectivity index is 0.00000283. The van der Waals surface area contributed by atoms with E-state index < -0.39 is 0 Å². The third-order valence-electron chi connectivity index (χ3n) is 19.9. The summed E-state index contributed by atoms with van der Waals surface area (Å²) in [5, 5.41) is 2.78. The summed E-state index contributed by atoms with van der Waals surface area (Å²) >= 11 is 1.94. The van der Waals surface area contributed by atoms with Crippen LogP contribution in [0, 0.1) is 0 Å². The second-order valence-corrected chi connectivity index (χ2v) is 30.1. The van der Waals surface area contributed by atoms with Gasteiger partial charge in [0, 0.05) is 22.3 Å². The van der Waals surface area contributed by atoms with E-state index in [1.54, 1.807) is 4.70 Å². The van der Waals surface area contributed by atoms with Gasteiger partial charge in [-0.3, -0.25) is 0 Å². The second kappa shape index (κ2) is 65.7. The van der Waals surface area contributed by atoms with Crippen LogP contribution in [0.25, 0.3) is 16.9 Å². The van der Waals surface area contributed by atoms with Crippen molar-refractivity contribution in [1.82, 2.24) is 0 Å². The molecule has 0 N–H and O–H groups in total. The zero-order valence-electron chi connectivity index (χ0n) is 61.8. The maximum atomic E-state index is 12.4. The van der Waals surface area contributed by atoms with E-state index >= 15 is 0 Å². The molecule has 3 heteroatoms. The number of unbranched alkanes of at least 4 members (excludes halogenated alkanes) is 53. The van der Waals surface area contributed by atoms with E-state index in [4.69, 9.17) is 0 Å². The number of hydrogen-bond acceptors (Lipinski definition) is 0. The van der Waals surface area contributed by atoms with E-state index in [9.17, 15) is 5.53 Å². The van der Waals surface area contributed by atoms with Gasteiger partial charge in [0.2, 0.25) is 11.4 Å². The molecule has 3 rings (SSSR count). The molecule has 0 fully saturated rings. The van der Waals surface area contributed by atoms with Crippen LogP contribution >= 0.6 is 0 Å². The Kier molecular flexibility index (Phi) is 61.4. The normalized spacial score (nSPS) is 12.6. The molecule has 0 saturated carbocycles. The van der Waals surface area contributed by atoms with Crippen molar-refractivity contribution in [3.63, 3.8) is 0 Å². The molecule has 0 spiro atoms. The Morgan fingerprint density at radius 3 is 0.711 bits per heavy atom. The van der Waals surface area contributed by atoms with Crippen molar-refractivity contribution in [2.24, 2.45) is 0 Å². The summed E-state index contributed by atoms with van der Waals surface area (Å²) in [6.45, 7) is 13.7. The van der Waals surface area contributed by atoms with Crippen LogP contribution in [0.5, 0.6) is 0 Å². The van der Waals surface area contributed by atoms with Crippen LogP contribution in [0.2, 0.25) is 10.8 Å². The molecular formula is C87H156N2Ni. The van der Waals surface area contributed by atoms with Gasteiger partial charge >= 0.3 is 64.8 Å². The van der Waals surface area contributed by atoms with Gasteiger partial charge in [-0.25, -0.2) is 4.70 Å². The molecule has 0 bridgehead atoms. The van der Waals surface area contributed by atoms with E-state index in [1.807, 2.05) is 14.4 Å². The average molecular weight is 1290 g/mol.